The monoisotopic (exact) mass is 385 g/mol. The number of ether oxygens (including phenoxy) is 1. The topological polar surface area (TPSA) is 28.6 Å². The van der Waals surface area contributed by atoms with Gasteiger partial charge in [0.25, 0.3) is 0 Å². The van der Waals surface area contributed by atoms with Crippen LogP contribution in [-0.2, 0) is 18.5 Å². The first kappa shape index (κ1) is 18.7. The molecule has 0 spiro atoms. The highest BCUT2D eigenvalue weighted by Crippen LogP contribution is 2.42. The molecule has 0 aliphatic carbocycles. The standard InChI is InChI=1S/C22H28ClN3O/c1-22(2)16-27-21-18(11-19(23)12-20(21)22)15-26-8-4-7-25(9-10-26)14-17-5-3-6-24-13-17/h3,5-6,11-13H,4,7-10,14-16H2,1-2H3. The van der Waals surface area contributed by atoms with E-state index in [0.717, 1.165) is 56.6 Å². The number of halogens is 1. The summed E-state index contributed by atoms with van der Waals surface area (Å²) in [7, 11) is 0. The van der Waals surface area contributed by atoms with E-state index in [9.17, 15) is 0 Å². The van der Waals surface area contributed by atoms with Crippen LogP contribution < -0.4 is 4.74 Å². The molecule has 2 aromatic rings. The molecule has 4 rings (SSSR count). The van der Waals surface area contributed by atoms with Gasteiger partial charge in [-0.05, 0) is 43.3 Å². The van der Waals surface area contributed by atoms with E-state index < -0.39 is 0 Å². The van der Waals surface area contributed by atoms with E-state index in [4.69, 9.17) is 16.3 Å². The number of aromatic nitrogens is 1. The first-order chi connectivity index (χ1) is 13.0. The molecule has 0 bridgehead atoms. The zero-order valence-corrected chi connectivity index (χ0v) is 17.0. The van der Waals surface area contributed by atoms with Crippen LogP contribution in [0.4, 0.5) is 0 Å². The third kappa shape index (κ3) is 4.29. The Bertz CT molecular complexity index is 794. The van der Waals surface area contributed by atoms with Crippen molar-refractivity contribution in [1.82, 2.24) is 14.8 Å². The van der Waals surface area contributed by atoms with Crippen LogP contribution in [0.3, 0.4) is 0 Å². The van der Waals surface area contributed by atoms with E-state index in [2.05, 4.69) is 46.8 Å². The fourth-order valence-corrected chi connectivity index (χ4v) is 4.34. The fourth-order valence-electron chi connectivity index (χ4n) is 4.10. The maximum absolute atomic E-state index is 6.43. The highest BCUT2D eigenvalue weighted by atomic mass is 35.5. The van der Waals surface area contributed by atoms with Gasteiger partial charge in [-0.15, -0.1) is 0 Å². The Balaban J connectivity index is 1.43. The predicted molar refractivity (Wildman–Crippen MR) is 109 cm³/mol. The maximum atomic E-state index is 6.43. The summed E-state index contributed by atoms with van der Waals surface area (Å²) in [6, 6.07) is 8.33. The SMILES string of the molecule is CC1(C)COc2c(CN3CCCN(Cc4cccnc4)CC3)cc(Cl)cc21. The van der Waals surface area contributed by atoms with Crippen molar-refractivity contribution in [3.8, 4) is 5.75 Å². The molecule has 5 heteroatoms. The molecular formula is C22H28ClN3O. The average Bonchev–Trinajstić information content (AvgIpc) is 2.80. The smallest absolute Gasteiger partial charge is 0.127 e. The summed E-state index contributed by atoms with van der Waals surface area (Å²) in [6.07, 6.45) is 4.98. The minimum Gasteiger partial charge on any atom is -0.492 e. The molecule has 4 nitrogen and oxygen atoms in total. The van der Waals surface area contributed by atoms with Gasteiger partial charge in [0.2, 0.25) is 0 Å². The van der Waals surface area contributed by atoms with Gasteiger partial charge in [-0.1, -0.05) is 31.5 Å². The number of hydrogen-bond acceptors (Lipinski definition) is 4. The summed E-state index contributed by atoms with van der Waals surface area (Å²) in [4.78, 5) is 9.29. The third-order valence-corrected chi connectivity index (χ3v) is 5.86. The predicted octanol–water partition coefficient (Wildman–Crippen LogP) is 4.11. The van der Waals surface area contributed by atoms with Crippen molar-refractivity contribution >= 4 is 11.6 Å². The van der Waals surface area contributed by atoms with E-state index >= 15 is 0 Å². The Kier molecular flexibility index (Phi) is 5.40. The van der Waals surface area contributed by atoms with Gasteiger partial charge in [-0.25, -0.2) is 0 Å². The van der Waals surface area contributed by atoms with Crippen LogP contribution in [0.2, 0.25) is 5.02 Å². The summed E-state index contributed by atoms with van der Waals surface area (Å²) >= 11 is 6.43. The minimum atomic E-state index is 0.0360. The van der Waals surface area contributed by atoms with Crippen LogP contribution >= 0.6 is 11.6 Å². The first-order valence-electron chi connectivity index (χ1n) is 9.80. The molecule has 3 heterocycles. The highest BCUT2D eigenvalue weighted by Gasteiger charge is 2.34. The van der Waals surface area contributed by atoms with E-state index in [1.807, 2.05) is 18.5 Å². The van der Waals surface area contributed by atoms with Crippen LogP contribution in [0, 0.1) is 0 Å². The number of fused-ring (bicyclic) bond motifs is 1. The van der Waals surface area contributed by atoms with Gasteiger partial charge in [0.1, 0.15) is 5.75 Å². The zero-order valence-electron chi connectivity index (χ0n) is 16.2. The lowest BCUT2D eigenvalue weighted by Crippen LogP contribution is -2.30. The molecular weight excluding hydrogens is 358 g/mol. The number of rotatable bonds is 4. The summed E-state index contributed by atoms with van der Waals surface area (Å²) in [6.45, 7) is 11.4. The molecule has 2 aliphatic rings. The van der Waals surface area contributed by atoms with E-state index in [1.165, 1.54) is 23.1 Å². The van der Waals surface area contributed by atoms with Crippen molar-refractivity contribution in [2.75, 3.05) is 32.8 Å². The molecule has 1 aromatic heterocycles. The number of pyridine rings is 1. The largest absolute Gasteiger partial charge is 0.492 e. The second-order valence-corrected chi connectivity index (χ2v) is 8.82. The normalized spacial score (nSPS) is 20.1. The van der Waals surface area contributed by atoms with Crippen molar-refractivity contribution in [2.45, 2.75) is 38.8 Å². The van der Waals surface area contributed by atoms with Gasteiger partial charge in [0.15, 0.2) is 0 Å². The van der Waals surface area contributed by atoms with Gasteiger partial charge in [0, 0.05) is 60.1 Å². The van der Waals surface area contributed by atoms with Gasteiger partial charge < -0.3 is 4.74 Å². The van der Waals surface area contributed by atoms with Crippen LogP contribution in [0.1, 0.15) is 37.0 Å². The van der Waals surface area contributed by atoms with Crippen LogP contribution in [0.25, 0.3) is 0 Å². The molecule has 1 fully saturated rings. The zero-order chi connectivity index (χ0) is 18.9. The van der Waals surface area contributed by atoms with E-state index in [-0.39, 0.29) is 5.41 Å². The van der Waals surface area contributed by atoms with Crippen LogP contribution in [-0.4, -0.2) is 47.6 Å². The summed E-state index contributed by atoms with van der Waals surface area (Å²) < 4.78 is 6.07. The van der Waals surface area contributed by atoms with Crippen molar-refractivity contribution in [3.05, 3.63) is 58.4 Å². The molecule has 1 saturated heterocycles. The molecule has 0 atom stereocenters. The third-order valence-electron chi connectivity index (χ3n) is 5.64. The number of nitrogens with zero attached hydrogens (tertiary/aromatic N) is 3. The Labute approximate surface area is 167 Å². The highest BCUT2D eigenvalue weighted by molar-refractivity contribution is 6.30. The lowest BCUT2D eigenvalue weighted by atomic mass is 9.86. The van der Waals surface area contributed by atoms with Crippen molar-refractivity contribution in [3.63, 3.8) is 0 Å². The van der Waals surface area contributed by atoms with Gasteiger partial charge >= 0.3 is 0 Å². The average molecular weight is 386 g/mol. The second kappa shape index (κ2) is 7.78. The molecule has 0 N–H and O–H groups in total. The Morgan fingerprint density at radius 2 is 1.89 bits per heavy atom. The van der Waals surface area contributed by atoms with Gasteiger partial charge in [-0.3, -0.25) is 14.8 Å². The molecule has 0 radical (unpaired) electrons. The molecule has 0 unspecified atom stereocenters. The number of benzene rings is 1. The molecule has 0 amide bonds. The quantitative estimate of drug-likeness (QED) is 0.791. The Hall–Kier alpha value is -1.62. The lowest BCUT2D eigenvalue weighted by molar-refractivity contribution is 0.242. The van der Waals surface area contributed by atoms with Crippen molar-refractivity contribution in [1.29, 1.82) is 0 Å². The Morgan fingerprint density at radius 3 is 2.63 bits per heavy atom. The van der Waals surface area contributed by atoms with Crippen molar-refractivity contribution in [2.24, 2.45) is 0 Å². The van der Waals surface area contributed by atoms with Crippen LogP contribution in [0.5, 0.6) is 5.75 Å². The fraction of sp³-hybridized carbons (Fsp3) is 0.500. The van der Waals surface area contributed by atoms with E-state index in [1.54, 1.807) is 0 Å². The molecule has 27 heavy (non-hydrogen) atoms. The molecule has 144 valence electrons. The van der Waals surface area contributed by atoms with E-state index in [0.29, 0.717) is 0 Å². The number of hydrogen-bond donors (Lipinski definition) is 0. The summed E-state index contributed by atoms with van der Waals surface area (Å²) in [5.41, 5.74) is 3.80. The molecule has 2 aliphatic heterocycles. The minimum absolute atomic E-state index is 0.0360. The first-order valence-corrected chi connectivity index (χ1v) is 10.2. The Morgan fingerprint density at radius 1 is 1.11 bits per heavy atom. The second-order valence-electron chi connectivity index (χ2n) is 8.38. The maximum Gasteiger partial charge on any atom is 0.127 e. The van der Waals surface area contributed by atoms with Crippen LogP contribution in [0.15, 0.2) is 36.7 Å². The molecule has 0 saturated carbocycles. The summed E-state index contributed by atoms with van der Waals surface area (Å²) in [5.74, 6) is 1.06. The van der Waals surface area contributed by atoms with Gasteiger partial charge in [0.05, 0.1) is 6.61 Å². The van der Waals surface area contributed by atoms with Crippen molar-refractivity contribution < 1.29 is 4.74 Å². The summed E-state index contributed by atoms with van der Waals surface area (Å²) in [5, 5.41) is 0.815. The lowest BCUT2D eigenvalue weighted by Gasteiger charge is -2.23. The van der Waals surface area contributed by atoms with Gasteiger partial charge in [-0.2, -0.15) is 0 Å². The molecule has 1 aromatic carbocycles.